The highest BCUT2D eigenvalue weighted by Crippen LogP contribution is 2.36. The number of carboxylic acid groups (broad SMARTS) is 1. The van der Waals surface area contributed by atoms with Gasteiger partial charge in [0.2, 0.25) is 0 Å². The predicted molar refractivity (Wildman–Crippen MR) is 90.2 cm³/mol. The van der Waals surface area contributed by atoms with Crippen molar-refractivity contribution in [1.82, 2.24) is 4.90 Å². The second-order valence-corrected chi connectivity index (χ2v) is 7.01. The molecule has 1 aromatic rings. The van der Waals surface area contributed by atoms with Crippen LogP contribution >= 0.6 is 0 Å². The number of nitrogens with one attached hydrogen (secondary N) is 1. The van der Waals surface area contributed by atoms with Gasteiger partial charge in [-0.2, -0.15) is 0 Å². The van der Waals surface area contributed by atoms with Crippen LogP contribution in [0.15, 0.2) is 18.2 Å². The molecule has 3 rings (SSSR count). The van der Waals surface area contributed by atoms with E-state index in [0.717, 1.165) is 24.9 Å². The van der Waals surface area contributed by atoms with Gasteiger partial charge in [0.15, 0.2) is 0 Å². The van der Waals surface area contributed by atoms with Gasteiger partial charge in [-0.25, -0.2) is 0 Å². The third-order valence-corrected chi connectivity index (χ3v) is 4.87. The molecule has 0 heterocycles. The number of hydrogen-bond donors (Lipinski definition) is 2. The van der Waals surface area contributed by atoms with Gasteiger partial charge in [0.1, 0.15) is 5.69 Å². The van der Waals surface area contributed by atoms with Crippen molar-refractivity contribution in [3.05, 3.63) is 33.9 Å². The van der Waals surface area contributed by atoms with E-state index < -0.39 is 5.97 Å². The zero-order valence-corrected chi connectivity index (χ0v) is 13.8. The lowest BCUT2D eigenvalue weighted by atomic mass is 9.85. The lowest BCUT2D eigenvalue weighted by Gasteiger charge is -2.43. The Hall–Kier alpha value is -2.15. The molecule has 7 heteroatoms. The molecule has 2 N–H and O–H groups in total. The fraction of sp³-hybridized carbons (Fsp3) is 0.588. The molecule has 0 unspecified atom stereocenters. The Morgan fingerprint density at radius 3 is 2.71 bits per heavy atom. The summed E-state index contributed by atoms with van der Waals surface area (Å²) < 4.78 is 0. The Labute approximate surface area is 140 Å². The number of carboxylic acids is 1. The Balaban J connectivity index is 1.58. The van der Waals surface area contributed by atoms with Crippen LogP contribution < -0.4 is 5.32 Å². The zero-order chi connectivity index (χ0) is 17.3. The minimum Gasteiger partial charge on any atom is -0.480 e. The highest BCUT2D eigenvalue weighted by molar-refractivity contribution is 5.69. The van der Waals surface area contributed by atoms with E-state index in [1.165, 1.54) is 12.8 Å². The molecule has 2 aliphatic carbocycles. The molecule has 0 bridgehead atoms. The molecular weight excluding hydrogens is 310 g/mol. The lowest BCUT2D eigenvalue weighted by molar-refractivity contribution is -0.384. The van der Waals surface area contributed by atoms with E-state index in [4.69, 9.17) is 5.11 Å². The average molecular weight is 333 g/mol. The zero-order valence-electron chi connectivity index (χ0n) is 13.8. The second-order valence-electron chi connectivity index (χ2n) is 7.01. The Morgan fingerprint density at radius 1 is 1.42 bits per heavy atom. The van der Waals surface area contributed by atoms with Crippen molar-refractivity contribution in [1.29, 1.82) is 0 Å². The number of carbonyl (C=O) groups is 1. The van der Waals surface area contributed by atoms with Crippen LogP contribution in [-0.4, -0.2) is 46.1 Å². The van der Waals surface area contributed by atoms with Gasteiger partial charge in [-0.1, -0.05) is 6.07 Å². The van der Waals surface area contributed by atoms with E-state index in [1.54, 1.807) is 12.1 Å². The SMILES string of the molecule is Cc1ccc(NC2CC(N(CC(=O)O)CC3CC3)C2)c([N+](=O)[O-])c1. The quantitative estimate of drug-likeness (QED) is 0.561. The van der Waals surface area contributed by atoms with Crippen molar-refractivity contribution in [3.8, 4) is 0 Å². The number of nitro groups is 1. The molecule has 0 atom stereocenters. The maximum atomic E-state index is 11.2. The third kappa shape index (κ3) is 4.03. The van der Waals surface area contributed by atoms with Gasteiger partial charge in [0.25, 0.3) is 5.69 Å². The van der Waals surface area contributed by atoms with Gasteiger partial charge < -0.3 is 10.4 Å². The van der Waals surface area contributed by atoms with E-state index >= 15 is 0 Å². The van der Waals surface area contributed by atoms with Crippen LogP contribution in [0, 0.1) is 23.0 Å². The van der Waals surface area contributed by atoms with E-state index in [0.29, 0.717) is 11.6 Å². The van der Waals surface area contributed by atoms with Crippen LogP contribution in [0.1, 0.15) is 31.2 Å². The third-order valence-electron chi connectivity index (χ3n) is 4.87. The maximum absolute atomic E-state index is 11.2. The molecule has 0 radical (unpaired) electrons. The van der Waals surface area contributed by atoms with Gasteiger partial charge >= 0.3 is 5.97 Å². The van der Waals surface area contributed by atoms with Crippen LogP contribution in [0.5, 0.6) is 0 Å². The number of benzene rings is 1. The molecule has 2 aliphatic rings. The van der Waals surface area contributed by atoms with Crippen LogP contribution in [0.2, 0.25) is 0 Å². The van der Waals surface area contributed by atoms with Crippen LogP contribution in [0.3, 0.4) is 0 Å². The molecule has 0 aliphatic heterocycles. The summed E-state index contributed by atoms with van der Waals surface area (Å²) in [4.78, 5) is 23.9. The number of rotatable bonds is 8. The predicted octanol–water partition coefficient (Wildman–Crippen LogP) is 2.64. The standard InChI is InChI=1S/C17H23N3O4/c1-11-2-5-15(16(6-11)20(23)24)18-13-7-14(8-13)19(10-17(21)22)9-12-3-4-12/h2,5-6,12-14,18H,3-4,7-10H2,1H3,(H,21,22). The number of aliphatic carboxylic acids is 1. The molecule has 2 saturated carbocycles. The highest BCUT2D eigenvalue weighted by atomic mass is 16.6. The number of hydrogen-bond acceptors (Lipinski definition) is 5. The van der Waals surface area contributed by atoms with Crippen molar-refractivity contribution in [2.24, 2.45) is 5.92 Å². The fourth-order valence-corrected chi connectivity index (χ4v) is 3.29. The maximum Gasteiger partial charge on any atom is 0.317 e. The summed E-state index contributed by atoms with van der Waals surface area (Å²) in [6.07, 6.45) is 4.04. The first-order chi connectivity index (χ1) is 11.4. The second kappa shape index (κ2) is 6.76. The highest BCUT2D eigenvalue weighted by Gasteiger charge is 2.37. The normalized spacial score (nSPS) is 22.9. The first kappa shape index (κ1) is 16.7. The van der Waals surface area contributed by atoms with Crippen LogP contribution in [0.4, 0.5) is 11.4 Å². The minimum absolute atomic E-state index is 0.0819. The van der Waals surface area contributed by atoms with Crippen molar-refractivity contribution < 1.29 is 14.8 Å². The summed E-state index contributed by atoms with van der Waals surface area (Å²) in [6.45, 7) is 2.77. The van der Waals surface area contributed by atoms with E-state index in [-0.39, 0.29) is 29.2 Å². The molecule has 7 nitrogen and oxygen atoms in total. The average Bonchev–Trinajstić information content (AvgIpc) is 3.26. The van der Waals surface area contributed by atoms with Crippen molar-refractivity contribution in [3.63, 3.8) is 0 Å². The summed E-state index contributed by atoms with van der Waals surface area (Å²) in [5, 5.41) is 23.5. The molecule has 0 aromatic heterocycles. The van der Waals surface area contributed by atoms with Gasteiger partial charge in [0, 0.05) is 24.7 Å². The minimum atomic E-state index is -0.791. The topological polar surface area (TPSA) is 95.7 Å². The fourth-order valence-electron chi connectivity index (χ4n) is 3.29. The summed E-state index contributed by atoms with van der Waals surface area (Å²) in [7, 11) is 0. The lowest BCUT2D eigenvalue weighted by Crippen LogP contribution is -2.52. The molecule has 0 spiro atoms. The van der Waals surface area contributed by atoms with Gasteiger partial charge in [0.05, 0.1) is 11.5 Å². The van der Waals surface area contributed by atoms with Crippen LogP contribution in [-0.2, 0) is 4.79 Å². The smallest absolute Gasteiger partial charge is 0.317 e. The monoisotopic (exact) mass is 333 g/mol. The van der Waals surface area contributed by atoms with E-state index in [1.807, 2.05) is 13.0 Å². The number of anilines is 1. The van der Waals surface area contributed by atoms with Crippen molar-refractivity contribution in [2.45, 2.75) is 44.7 Å². The summed E-state index contributed by atoms with van der Waals surface area (Å²) in [5.74, 6) is -0.143. The Kier molecular flexibility index (Phi) is 4.71. The van der Waals surface area contributed by atoms with Gasteiger partial charge in [-0.05, 0) is 50.2 Å². The molecule has 2 fully saturated rings. The summed E-state index contributed by atoms with van der Waals surface area (Å²) in [5.41, 5.74) is 1.50. The number of aryl methyl sites for hydroxylation is 1. The molecule has 0 amide bonds. The van der Waals surface area contributed by atoms with Gasteiger partial charge in [-0.3, -0.25) is 19.8 Å². The summed E-state index contributed by atoms with van der Waals surface area (Å²) >= 11 is 0. The van der Waals surface area contributed by atoms with Crippen LogP contribution in [0.25, 0.3) is 0 Å². The van der Waals surface area contributed by atoms with Gasteiger partial charge in [-0.15, -0.1) is 0 Å². The van der Waals surface area contributed by atoms with E-state index in [9.17, 15) is 14.9 Å². The van der Waals surface area contributed by atoms with Crippen molar-refractivity contribution in [2.75, 3.05) is 18.4 Å². The molecule has 0 saturated heterocycles. The molecule has 1 aromatic carbocycles. The summed E-state index contributed by atoms with van der Waals surface area (Å²) in [6, 6.07) is 5.59. The largest absolute Gasteiger partial charge is 0.480 e. The first-order valence-electron chi connectivity index (χ1n) is 8.40. The Bertz CT molecular complexity index is 639. The number of nitrogens with zero attached hydrogens (tertiary/aromatic N) is 2. The van der Waals surface area contributed by atoms with Crippen molar-refractivity contribution >= 4 is 17.3 Å². The Morgan fingerprint density at radius 2 is 2.12 bits per heavy atom. The first-order valence-corrected chi connectivity index (χ1v) is 8.40. The van der Waals surface area contributed by atoms with E-state index in [2.05, 4.69) is 10.2 Å². The molecule has 24 heavy (non-hydrogen) atoms. The number of nitro benzene ring substituents is 1. The molecule has 130 valence electrons. The molecular formula is C17H23N3O4.